The highest BCUT2D eigenvalue weighted by molar-refractivity contribution is 5.88. The van der Waals surface area contributed by atoms with Gasteiger partial charge in [0.2, 0.25) is 5.95 Å². The first kappa shape index (κ1) is 15.0. The summed E-state index contributed by atoms with van der Waals surface area (Å²) in [7, 11) is 2.01. The van der Waals surface area contributed by atoms with Gasteiger partial charge in [0.25, 0.3) is 0 Å². The highest BCUT2D eigenvalue weighted by Gasteiger charge is 2.28. The van der Waals surface area contributed by atoms with Crippen LogP contribution in [0.4, 0.5) is 11.8 Å². The van der Waals surface area contributed by atoms with Crippen LogP contribution in [-0.4, -0.2) is 40.1 Å². The third kappa shape index (κ3) is 3.11. The highest BCUT2D eigenvalue weighted by atomic mass is 15.1. The van der Waals surface area contributed by atoms with Crippen molar-refractivity contribution in [1.29, 1.82) is 0 Å². The van der Waals surface area contributed by atoms with E-state index in [-0.39, 0.29) is 0 Å². The van der Waals surface area contributed by atoms with E-state index in [4.69, 9.17) is 0 Å². The van der Waals surface area contributed by atoms with Gasteiger partial charge in [0.1, 0.15) is 5.52 Å². The Kier molecular flexibility index (Phi) is 4.11. The first-order valence-electron chi connectivity index (χ1n) is 7.90. The van der Waals surface area contributed by atoms with Gasteiger partial charge in [-0.1, -0.05) is 0 Å². The molecule has 3 N–H and O–H groups in total. The monoisotopic (exact) mass is 300 g/mol. The smallest absolute Gasteiger partial charge is 0.223 e. The minimum atomic E-state index is 0.312. The van der Waals surface area contributed by atoms with Gasteiger partial charge in [-0.25, -0.2) is 15.0 Å². The summed E-state index contributed by atoms with van der Waals surface area (Å²) in [5.74, 6) is 1.52. The molecule has 6 nitrogen and oxygen atoms in total. The summed E-state index contributed by atoms with van der Waals surface area (Å²) < 4.78 is 0. The van der Waals surface area contributed by atoms with Crippen LogP contribution in [0.1, 0.15) is 32.4 Å². The van der Waals surface area contributed by atoms with Crippen LogP contribution in [0.2, 0.25) is 0 Å². The lowest BCUT2D eigenvalue weighted by Crippen LogP contribution is -2.46. The molecule has 0 radical (unpaired) electrons. The molecule has 1 saturated carbocycles. The van der Waals surface area contributed by atoms with Gasteiger partial charge in [-0.05, 0) is 46.7 Å². The van der Waals surface area contributed by atoms with E-state index in [0.717, 1.165) is 35.3 Å². The van der Waals surface area contributed by atoms with E-state index in [1.165, 1.54) is 0 Å². The minimum Gasteiger partial charge on any atom is -0.366 e. The van der Waals surface area contributed by atoms with Crippen molar-refractivity contribution >= 4 is 22.7 Å². The molecule has 1 aliphatic carbocycles. The molecule has 0 atom stereocenters. The fourth-order valence-corrected chi connectivity index (χ4v) is 2.77. The van der Waals surface area contributed by atoms with E-state index in [1.54, 1.807) is 0 Å². The molecule has 0 aliphatic heterocycles. The molecule has 118 valence electrons. The number of aryl methyl sites for hydroxylation is 1. The average molecular weight is 300 g/mol. The van der Waals surface area contributed by atoms with Gasteiger partial charge in [-0.2, -0.15) is 0 Å². The molecular weight excluding hydrogens is 276 g/mol. The number of pyridine rings is 1. The molecule has 0 bridgehead atoms. The number of fused-ring (bicyclic) bond motifs is 1. The lowest BCUT2D eigenvalue weighted by molar-refractivity contribution is 0.325. The fraction of sp³-hybridized carbons (Fsp3) is 0.562. The number of nitrogens with zero attached hydrogens (tertiary/aromatic N) is 3. The zero-order valence-corrected chi connectivity index (χ0v) is 13.6. The van der Waals surface area contributed by atoms with Crippen LogP contribution >= 0.6 is 0 Å². The third-order valence-corrected chi connectivity index (χ3v) is 4.00. The fourth-order valence-electron chi connectivity index (χ4n) is 2.77. The minimum absolute atomic E-state index is 0.312. The molecule has 0 unspecified atom stereocenters. The van der Waals surface area contributed by atoms with Gasteiger partial charge in [0.05, 0.1) is 0 Å². The predicted octanol–water partition coefficient (Wildman–Crippen LogP) is 2.32. The third-order valence-electron chi connectivity index (χ3n) is 4.00. The Morgan fingerprint density at radius 1 is 1.18 bits per heavy atom. The Bertz CT molecular complexity index is 663. The van der Waals surface area contributed by atoms with Crippen LogP contribution < -0.4 is 16.0 Å². The van der Waals surface area contributed by atoms with E-state index in [0.29, 0.717) is 24.1 Å². The Morgan fingerprint density at radius 2 is 1.95 bits per heavy atom. The van der Waals surface area contributed by atoms with Crippen molar-refractivity contribution in [3.63, 3.8) is 0 Å². The SMILES string of the molecule is CNC1CC(Nc2ncc3cc(C)nc(NC(C)C)c3n2)C1. The van der Waals surface area contributed by atoms with Crippen LogP contribution in [0.25, 0.3) is 10.9 Å². The van der Waals surface area contributed by atoms with E-state index in [2.05, 4.69) is 44.7 Å². The predicted molar refractivity (Wildman–Crippen MR) is 90.3 cm³/mol. The van der Waals surface area contributed by atoms with E-state index in [9.17, 15) is 0 Å². The zero-order chi connectivity index (χ0) is 15.7. The van der Waals surface area contributed by atoms with Gasteiger partial charge in [0, 0.05) is 35.4 Å². The summed E-state index contributed by atoms with van der Waals surface area (Å²) in [4.78, 5) is 13.7. The number of anilines is 2. The van der Waals surface area contributed by atoms with Crippen LogP contribution in [0.5, 0.6) is 0 Å². The molecule has 1 fully saturated rings. The molecule has 3 rings (SSSR count). The Balaban J connectivity index is 1.86. The van der Waals surface area contributed by atoms with Crippen molar-refractivity contribution in [2.45, 2.75) is 51.7 Å². The van der Waals surface area contributed by atoms with Gasteiger partial charge in [-0.15, -0.1) is 0 Å². The first-order chi connectivity index (χ1) is 10.5. The second-order valence-corrected chi connectivity index (χ2v) is 6.34. The second-order valence-electron chi connectivity index (χ2n) is 6.34. The maximum Gasteiger partial charge on any atom is 0.223 e. The molecule has 6 heteroatoms. The van der Waals surface area contributed by atoms with Crippen molar-refractivity contribution < 1.29 is 0 Å². The summed E-state index contributed by atoms with van der Waals surface area (Å²) in [6.45, 7) is 6.19. The molecule has 0 amide bonds. The molecule has 2 aromatic rings. The van der Waals surface area contributed by atoms with Gasteiger partial charge >= 0.3 is 0 Å². The Hall–Kier alpha value is -1.95. The largest absolute Gasteiger partial charge is 0.366 e. The zero-order valence-electron chi connectivity index (χ0n) is 13.6. The van der Waals surface area contributed by atoms with Crippen molar-refractivity contribution in [3.8, 4) is 0 Å². The van der Waals surface area contributed by atoms with E-state index >= 15 is 0 Å². The van der Waals surface area contributed by atoms with Gasteiger partial charge in [-0.3, -0.25) is 0 Å². The summed E-state index contributed by atoms with van der Waals surface area (Å²) >= 11 is 0. The van der Waals surface area contributed by atoms with Gasteiger partial charge in [0.15, 0.2) is 5.82 Å². The van der Waals surface area contributed by atoms with Crippen LogP contribution in [-0.2, 0) is 0 Å². The number of nitrogens with one attached hydrogen (secondary N) is 3. The maximum absolute atomic E-state index is 4.67. The standard InChI is InChI=1S/C16H24N6/c1-9(2)19-15-14-11(5-10(3)20-15)8-18-16(22-14)21-13-6-12(7-13)17-4/h5,8-9,12-13,17H,6-7H2,1-4H3,(H,19,20)(H,18,21,22). The van der Waals surface area contributed by atoms with Crippen molar-refractivity contribution in [1.82, 2.24) is 20.3 Å². The number of hydrogen-bond donors (Lipinski definition) is 3. The molecule has 1 aliphatic rings. The Morgan fingerprint density at radius 3 is 2.64 bits per heavy atom. The molecule has 2 aromatic heterocycles. The molecule has 0 aromatic carbocycles. The topological polar surface area (TPSA) is 74.8 Å². The van der Waals surface area contributed by atoms with E-state index in [1.807, 2.05) is 26.2 Å². The van der Waals surface area contributed by atoms with Crippen molar-refractivity contribution in [2.75, 3.05) is 17.7 Å². The maximum atomic E-state index is 4.67. The Labute approximate surface area is 131 Å². The molecule has 0 saturated heterocycles. The summed E-state index contributed by atoms with van der Waals surface area (Å²) in [6.07, 6.45) is 4.10. The van der Waals surface area contributed by atoms with Crippen molar-refractivity contribution in [3.05, 3.63) is 18.0 Å². The van der Waals surface area contributed by atoms with Gasteiger partial charge < -0.3 is 16.0 Å². The second kappa shape index (κ2) is 6.04. The average Bonchev–Trinajstić information content (AvgIpc) is 2.42. The summed E-state index contributed by atoms with van der Waals surface area (Å²) in [5.41, 5.74) is 1.84. The van der Waals surface area contributed by atoms with Crippen LogP contribution in [0, 0.1) is 6.92 Å². The number of rotatable bonds is 5. The van der Waals surface area contributed by atoms with Crippen molar-refractivity contribution in [2.24, 2.45) is 0 Å². The first-order valence-corrected chi connectivity index (χ1v) is 7.90. The molecule has 2 heterocycles. The summed E-state index contributed by atoms with van der Waals surface area (Å²) in [5, 5.41) is 11.1. The molecular formula is C16H24N6. The van der Waals surface area contributed by atoms with E-state index < -0.39 is 0 Å². The lowest BCUT2D eigenvalue weighted by Gasteiger charge is -2.35. The normalized spacial score (nSPS) is 21.0. The molecule has 0 spiro atoms. The van der Waals surface area contributed by atoms with Crippen LogP contribution in [0.3, 0.4) is 0 Å². The van der Waals surface area contributed by atoms with Crippen LogP contribution in [0.15, 0.2) is 12.3 Å². The highest BCUT2D eigenvalue weighted by Crippen LogP contribution is 2.25. The number of aromatic nitrogens is 3. The lowest BCUT2D eigenvalue weighted by atomic mass is 9.87. The number of hydrogen-bond acceptors (Lipinski definition) is 6. The molecule has 22 heavy (non-hydrogen) atoms. The summed E-state index contributed by atoms with van der Waals surface area (Å²) in [6, 6.07) is 3.40. The quantitative estimate of drug-likeness (QED) is 0.787.